The fourth-order valence-corrected chi connectivity index (χ4v) is 3.96. The smallest absolute Gasteiger partial charge is 0.164 e. The van der Waals surface area contributed by atoms with E-state index in [2.05, 4.69) is 35.6 Å². The molecule has 3 nitrogen and oxygen atoms in total. The minimum Gasteiger partial charge on any atom is -0.493 e. The summed E-state index contributed by atoms with van der Waals surface area (Å²) in [4.78, 5) is 0. The van der Waals surface area contributed by atoms with Gasteiger partial charge in [0.2, 0.25) is 0 Å². The molecule has 22 heavy (non-hydrogen) atoms. The van der Waals surface area contributed by atoms with Crippen molar-refractivity contribution in [2.75, 3.05) is 20.8 Å². The number of methoxy groups -OCH3 is 2. The van der Waals surface area contributed by atoms with Crippen molar-refractivity contribution in [2.24, 2.45) is 0 Å². The lowest BCUT2D eigenvalue weighted by molar-refractivity contribution is 0.349. The van der Waals surface area contributed by atoms with Crippen molar-refractivity contribution in [1.82, 2.24) is 5.32 Å². The zero-order valence-corrected chi connectivity index (χ0v) is 13.1. The van der Waals surface area contributed by atoms with Gasteiger partial charge in [0.1, 0.15) is 0 Å². The quantitative estimate of drug-likeness (QED) is 0.924. The summed E-state index contributed by atoms with van der Waals surface area (Å²) >= 11 is 0. The summed E-state index contributed by atoms with van der Waals surface area (Å²) in [5.41, 5.74) is 6.96. The van der Waals surface area contributed by atoms with Crippen LogP contribution < -0.4 is 14.8 Å². The molecule has 1 aliphatic carbocycles. The van der Waals surface area contributed by atoms with E-state index in [-0.39, 0.29) is 0 Å². The predicted molar refractivity (Wildman–Crippen MR) is 86.9 cm³/mol. The van der Waals surface area contributed by atoms with Crippen molar-refractivity contribution < 1.29 is 9.47 Å². The lowest BCUT2D eigenvalue weighted by Gasteiger charge is -2.29. The Kier molecular flexibility index (Phi) is 3.30. The lowest BCUT2D eigenvalue weighted by atomic mass is 9.87. The first-order valence-corrected chi connectivity index (χ1v) is 7.88. The number of benzene rings is 2. The fourth-order valence-electron chi connectivity index (χ4n) is 3.96. The molecule has 4 rings (SSSR count). The molecule has 2 aromatic carbocycles. The second-order valence-electron chi connectivity index (χ2n) is 6.07. The van der Waals surface area contributed by atoms with Crippen LogP contribution in [0.5, 0.6) is 11.5 Å². The highest BCUT2D eigenvalue weighted by Crippen LogP contribution is 2.44. The van der Waals surface area contributed by atoms with Crippen LogP contribution in [0, 0.1) is 0 Å². The summed E-state index contributed by atoms with van der Waals surface area (Å²) < 4.78 is 11.3. The third-order valence-electron chi connectivity index (χ3n) is 4.94. The van der Waals surface area contributed by atoms with Gasteiger partial charge in [-0.2, -0.15) is 0 Å². The van der Waals surface area contributed by atoms with Crippen LogP contribution in [0.1, 0.15) is 33.9 Å². The van der Waals surface area contributed by atoms with Gasteiger partial charge in [-0.3, -0.25) is 0 Å². The summed E-state index contributed by atoms with van der Waals surface area (Å²) in [6.07, 6.45) is 3.01. The van der Waals surface area contributed by atoms with Crippen molar-refractivity contribution >= 4 is 0 Å². The van der Waals surface area contributed by atoms with E-state index in [1.807, 2.05) is 0 Å². The standard InChI is InChI=1S/C19H21NO2/c1-21-17-11-14-7-8-20-16-10-13-6-4-3-5-12(13)9-15(18(14)16)19(17)22-2/h3-6,11,16,20H,7-10H2,1-2H3. The van der Waals surface area contributed by atoms with E-state index < -0.39 is 0 Å². The van der Waals surface area contributed by atoms with Gasteiger partial charge in [0.05, 0.1) is 14.2 Å². The largest absolute Gasteiger partial charge is 0.493 e. The molecule has 2 aliphatic rings. The van der Waals surface area contributed by atoms with Crippen molar-refractivity contribution in [2.45, 2.75) is 25.3 Å². The monoisotopic (exact) mass is 295 g/mol. The number of hydrogen-bond donors (Lipinski definition) is 1. The van der Waals surface area contributed by atoms with Crippen LogP contribution in [0.15, 0.2) is 30.3 Å². The Morgan fingerprint density at radius 2 is 1.86 bits per heavy atom. The molecule has 0 bridgehead atoms. The van der Waals surface area contributed by atoms with Gasteiger partial charge < -0.3 is 14.8 Å². The van der Waals surface area contributed by atoms with Crippen LogP contribution in [-0.4, -0.2) is 20.8 Å². The topological polar surface area (TPSA) is 30.5 Å². The molecule has 1 heterocycles. The molecule has 0 fully saturated rings. The number of nitrogens with one attached hydrogen (secondary N) is 1. The minimum absolute atomic E-state index is 0.377. The van der Waals surface area contributed by atoms with Crippen LogP contribution in [-0.2, 0) is 19.3 Å². The average molecular weight is 295 g/mol. The van der Waals surface area contributed by atoms with Gasteiger partial charge in [0, 0.05) is 18.0 Å². The molecule has 0 saturated heterocycles. The zero-order valence-electron chi connectivity index (χ0n) is 13.1. The van der Waals surface area contributed by atoms with E-state index in [1.165, 1.54) is 27.8 Å². The molecule has 0 amide bonds. The third kappa shape index (κ3) is 2.00. The Morgan fingerprint density at radius 1 is 1.05 bits per heavy atom. The molecular formula is C19H21NO2. The van der Waals surface area contributed by atoms with E-state index >= 15 is 0 Å². The second-order valence-corrected chi connectivity index (χ2v) is 6.07. The maximum absolute atomic E-state index is 5.72. The Bertz CT molecular complexity index is 724. The van der Waals surface area contributed by atoms with Gasteiger partial charge in [-0.15, -0.1) is 0 Å². The summed E-state index contributed by atoms with van der Waals surface area (Å²) in [5.74, 6) is 1.75. The number of fused-ring (bicyclic) bond motifs is 1. The number of ether oxygens (including phenoxy) is 2. The van der Waals surface area contributed by atoms with E-state index in [4.69, 9.17) is 9.47 Å². The minimum atomic E-state index is 0.377. The molecule has 1 unspecified atom stereocenters. The van der Waals surface area contributed by atoms with Gasteiger partial charge in [0.15, 0.2) is 11.5 Å². The Labute approximate surface area is 131 Å². The molecule has 3 heteroatoms. The molecule has 1 N–H and O–H groups in total. The van der Waals surface area contributed by atoms with Crippen LogP contribution in [0.4, 0.5) is 0 Å². The van der Waals surface area contributed by atoms with Crippen molar-refractivity contribution in [3.8, 4) is 11.5 Å². The fraction of sp³-hybridized carbons (Fsp3) is 0.368. The summed E-state index contributed by atoms with van der Waals surface area (Å²) in [5, 5.41) is 3.69. The highest BCUT2D eigenvalue weighted by molar-refractivity contribution is 5.59. The van der Waals surface area contributed by atoms with E-state index in [9.17, 15) is 0 Å². The molecule has 0 saturated carbocycles. The van der Waals surface area contributed by atoms with Crippen molar-refractivity contribution in [1.29, 1.82) is 0 Å². The van der Waals surface area contributed by atoms with Gasteiger partial charge in [-0.1, -0.05) is 24.3 Å². The summed E-state index contributed by atoms with van der Waals surface area (Å²) in [6.45, 7) is 1.02. The predicted octanol–water partition coefficient (Wildman–Crippen LogP) is 3.04. The first-order chi connectivity index (χ1) is 10.8. The van der Waals surface area contributed by atoms with Crippen molar-refractivity contribution in [3.63, 3.8) is 0 Å². The maximum atomic E-state index is 5.72. The summed E-state index contributed by atoms with van der Waals surface area (Å²) in [7, 11) is 3.46. The average Bonchev–Trinajstić information content (AvgIpc) is 2.72. The SMILES string of the molecule is COc1cc2c3c(c1OC)Cc1ccccc1CC3NCC2. The zero-order chi connectivity index (χ0) is 15.1. The van der Waals surface area contributed by atoms with Crippen LogP contribution in [0.25, 0.3) is 0 Å². The second kappa shape index (κ2) is 5.33. The Hall–Kier alpha value is -2.00. The molecule has 0 aromatic heterocycles. The van der Waals surface area contributed by atoms with E-state index in [1.54, 1.807) is 14.2 Å². The molecule has 1 atom stereocenters. The molecule has 1 aliphatic heterocycles. The van der Waals surface area contributed by atoms with Crippen molar-refractivity contribution in [3.05, 3.63) is 58.1 Å². The number of rotatable bonds is 2. The first-order valence-electron chi connectivity index (χ1n) is 7.88. The highest BCUT2D eigenvalue weighted by Gasteiger charge is 2.30. The highest BCUT2D eigenvalue weighted by atomic mass is 16.5. The molecule has 2 aromatic rings. The molecule has 0 spiro atoms. The van der Waals surface area contributed by atoms with E-state index in [0.717, 1.165) is 37.3 Å². The van der Waals surface area contributed by atoms with Gasteiger partial charge in [0.25, 0.3) is 0 Å². The van der Waals surface area contributed by atoms with Crippen LogP contribution >= 0.6 is 0 Å². The third-order valence-corrected chi connectivity index (χ3v) is 4.94. The maximum Gasteiger partial charge on any atom is 0.164 e. The van der Waals surface area contributed by atoms with Gasteiger partial charge >= 0.3 is 0 Å². The Morgan fingerprint density at radius 3 is 2.64 bits per heavy atom. The lowest BCUT2D eigenvalue weighted by Crippen LogP contribution is -2.31. The van der Waals surface area contributed by atoms with Crippen LogP contribution in [0.2, 0.25) is 0 Å². The van der Waals surface area contributed by atoms with Crippen LogP contribution in [0.3, 0.4) is 0 Å². The Balaban J connectivity index is 1.98. The van der Waals surface area contributed by atoms with E-state index in [0.29, 0.717) is 6.04 Å². The van der Waals surface area contributed by atoms with Gasteiger partial charge in [-0.05, 0) is 47.7 Å². The summed E-state index contributed by atoms with van der Waals surface area (Å²) in [6, 6.07) is 11.3. The van der Waals surface area contributed by atoms with Gasteiger partial charge in [-0.25, -0.2) is 0 Å². The molecule has 0 radical (unpaired) electrons. The first kappa shape index (κ1) is 13.6. The molecular weight excluding hydrogens is 274 g/mol. The normalized spacial score (nSPS) is 18.9. The number of hydrogen-bond acceptors (Lipinski definition) is 3. The molecule has 114 valence electrons.